The van der Waals surface area contributed by atoms with Crippen LogP contribution in [-0.4, -0.2) is 23.8 Å². The lowest BCUT2D eigenvalue weighted by Gasteiger charge is -2.03. The fourth-order valence-electron chi connectivity index (χ4n) is 2.79. The second-order valence-corrected chi connectivity index (χ2v) is 6.82. The molecule has 3 heteroatoms. The third kappa shape index (κ3) is 19.2. The van der Waals surface area contributed by atoms with Crippen molar-refractivity contribution < 1.29 is 14.6 Å². The minimum Gasteiger partial charge on any atom is -0.466 e. The molecule has 0 spiro atoms. The van der Waals surface area contributed by atoms with E-state index in [2.05, 4.69) is 18.8 Å². The molecule has 0 saturated carbocycles. The number of ether oxygens (including phenoxy) is 1. The Hall–Kier alpha value is -1.01. The maximum Gasteiger partial charge on any atom is 0.305 e. The number of aliphatic hydroxyl groups excluding tert-OH is 1. The van der Waals surface area contributed by atoms with Gasteiger partial charge in [0.1, 0.15) is 6.10 Å². The number of unbranched alkanes of at least 4 members (excludes halogenated alkanes) is 11. The van der Waals surface area contributed by atoms with Crippen LogP contribution in [0.5, 0.6) is 0 Å². The average Bonchev–Trinajstić information content (AvgIpc) is 2.60. The first-order chi connectivity index (χ1) is 12.2. The Balaban J connectivity index is 3.21. The van der Waals surface area contributed by atoms with Crippen molar-refractivity contribution in [2.45, 2.75) is 116 Å². The predicted molar refractivity (Wildman–Crippen MR) is 105 cm³/mol. The van der Waals surface area contributed by atoms with Crippen LogP contribution in [0.2, 0.25) is 0 Å². The van der Waals surface area contributed by atoms with Crippen molar-refractivity contribution >= 4 is 5.97 Å². The second kappa shape index (κ2) is 19.3. The van der Waals surface area contributed by atoms with E-state index in [1.165, 1.54) is 44.9 Å². The molecule has 0 aromatic heterocycles. The molecule has 1 unspecified atom stereocenters. The van der Waals surface area contributed by atoms with Crippen LogP contribution >= 0.6 is 0 Å². The fourth-order valence-corrected chi connectivity index (χ4v) is 2.79. The summed E-state index contributed by atoms with van der Waals surface area (Å²) in [4.78, 5) is 11.2. The van der Waals surface area contributed by atoms with Crippen LogP contribution in [0.3, 0.4) is 0 Å². The lowest BCUT2D eigenvalue weighted by Crippen LogP contribution is -2.03. The van der Waals surface area contributed by atoms with Gasteiger partial charge >= 0.3 is 5.97 Å². The molecule has 0 radical (unpaired) electrons. The van der Waals surface area contributed by atoms with Crippen molar-refractivity contribution in [1.82, 2.24) is 0 Å². The summed E-state index contributed by atoms with van der Waals surface area (Å²) in [5, 5.41) is 9.61. The third-order valence-electron chi connectivity index (χ3n) is 4.34. The molecule has 0 amide bonds. The topological polar surface area (TPSA) is 46.5 Å². The van der Waals surface area contributed by atoms with E-state index >= 15 is 0 Å². The van der Waals surface area contributed by atoms with Gasteiger partial charge in [-0.25, -0.2) is 0 Å². The van der Waals surface area contributed by atoms with Gasteiger partial charge < -0.3 is 9.84 Å². The predicted octanol–water partition coefficient (Wildman–Crippen LogP) is 5.79. The van der Waals surface area contributed by atoms with Gasteiger partial charge in [0.2, 0.25) is 0 Å². The van der Waals surface area contributed by atoms with Gasteiger partial charge in [-0.05, 0) is 26.2 Å². The molecular formula is C22H40O3. The molecule has 25 heavy (non-hydrogen) atoms. The molecule has 1 N–H and O–H groups in total. The van der Waals surface area contributed by atoms with Gasteiger partial charge in [0, 0.05) is 12.8 Å². The number of hydrogen-bond acceptors (Lipinski definition) is 3. The lowest BCUT2D eigenvalue weighted by atomic mass is 10.1. The Morgan fingerprint density at radius 2 is 1.44 bits per heavy atom. The Morgan fingerprint density at radius 1 is 0.880 bits per heavy atom. The molecule has 0 heterocycles. The van der Waals surface area contributed by atoms with Gasteiger partial charge in [0.15, 0.2) is 0 Å². The highest BCUT2D eigenvalue weighted by atomic mass is 16.5. The molecule has 0 aromatic rings. The maximum absolute atomic E-state index is 11.2. The summed E-state index contributed by atoms with van der Waals surface area (Å²) in [5.74, 6) is 6.00. The zero-order valence-corrected chi connectivity index (χ0v) is 16.7. The van der Waals surface area contributed by atoms with E-state index in [4.69, 9.17) is 4.74 Å². The summed E-state index contributed by atoms with van der Waals surface area (Å²) in [5.41, 5.74) is 0. The molecule has 146 valence electrons. The van der Waals surface area contributed by atoms with Crippen molar-refractivity contribution in [2.24, 2.45) is 0 Å². The van der Waals surface area contributed by atoms with Gasteiger partial charge in [0.25, 0.3) is 0 Å². The Morgan fingerprint density at radius 3 is 2.00 bits per heavy atom. The van der Waals surface area contributed by atoms with E-state index in [-0.39, 0.29) is 5.97 Å². The molecule has 0 aliphatic rings. The smallest absolute Gasteiger partial charge is 0.305 e. The fraction of sp³-hybridized carbons (Fsp3) is 0.864. The van der Waals surface area contributed by atoms with E-state index in [9.17, 15) is 9.90 Å². The first-order valence-electron chi connectivity index (χ1n) is 10.5. The molecule has 0 rings (SSSR count). The van der Waals surface area contributed by atoms with Crippen molar-refractivity contribution in [3.8, 4) is 11.8 Å². The first kappa shape index (κ1) is 24.0. The summed E-state index contributed by atoms with van der Waals surface area (Å²) in [6.07, 6.45) is 16.3. The van der Waals surface area contributed by atoms with E-state index in [0.29, 0.717) is 13.0 Å². The van der Waals surface area contributed by atoms with Crippen LogP contribution in [-0.2, 0) is 9.53 Å². The maximum atomic E-state index is 11.2. The number of esters is 1. The van der Waals surface area contributed by atoms with Crippen LogP contribution in [0, 0.1) is 11.8 Å². The quantitative estimate of drug-likeness (QED) is 0.217. The normalized spacial score (nSPS) is 11.6. The van der Waals surface area contributed by atoms with Crippen LogP contribution in [0.25, 0.3) is 0 Å². The van der Waals surface area contributed by atoms with Crippen molar-refractivity contribution in [1.29, 1.82) is 0 Å². The van der Waals surface area contributed by atoms with Crippen LogP contribution < -0.4 is 0 Å². The van der Waals surface area contributed by atoms with Crippen LogP contribution in [0.1, 0.15) is 110 Å². The lowest BCUT2D eigenvalue weighted by molar-refractivity contribution is -0.143. The third-order valence-corrected chi connectivity index (χ3v) is 4.34. The van der Waals surface area contributed by atoms with Crippen LogP contribution in [0.4, 0.5) is 0 Å². The zero-order valence-electron chi connectivity index (χ0n) is 16.7. The average molecular weight is 353 g/mol. The summed E-state index contributed by atoms with van der Waals surface area (Å²) >= 11 is 0. The van der Waals surface area contributed by atoms with Gasteiger partial charge in [-0.15, -0.1) is 5.92 Å². The highest BCUT2D eigenvalue weighted by Crippen LogP contribution is 2.12. The standard InChI is InChI=1S/C22H40O3/c1-3-5-18-21(23)19-16-14-12-10-8-6-7-9-11-13-15-17-20-22(24)25-4-2/h21,23H,3-15,17-18,20H2,1-2H3. The summed E-state index contributed by atoms with van der Waals surface area (Å²) in [6.45, 7) is 4.48. The summed E-state index contributed by atoms with van der Waals surface area (Å²) in [7, 11) is 0. The number of aliphatic hydroxyl groups is 1. The summed E-state index contributed by atoms with van der Waals surface area (Å²) < 4.78 is 4.92. The molecule has 0 aromatic carbocycles. The monoisotopic (exact) mass is 352 g/mol. The number of carbonyl (C=O) groups excluding carboxylic acids is 1. The van der Waals surface area contributed by atoms with Crippen LogP contribution in [0.15, 0.2) is 0 Å². The Labute approximate surface area is 155 Å². The first-order valence-corrected chi connectivity index (χ1v) is 10.5. The highest BCUT2D eigenvalue weighted by molar-refractivity contribution is 5.69. The van der Waals surface area contributed by atoms with Gasteiger partial charge in [0.05, 0.1) is 6.61 Å². The van der Waals surface area contributed by atoms with Crippen molar-refractivity contribution in [2.75, 3.05) is 6.61 Å². The van der Waals surface area contributed by atoms with E-state index < -0.39 is 6.10 Å². The minimum atomic E-state index is -0.419. The van der Waals surface area contributed by atoms with Gasteiger partial charge in [-0.2, -0.15) is 0 Å². The largest absolute Gasteiger partial charge is 0.466 e. The number of rotatable bonds is 16. The molecule has 0 fully saturated rings. The number of hydrogen-bond donors (Lipinski definition) is 1. The zero-order chi connectivity index (χ0) is 18.6. The Bertz CT molecular complexity index is 354. The Kier molecular flexibility index (Phi) is 18.5. The van der Waals surface area contributed by atoms with Crippen molar-refractivity contribution in [3.63, 3.8) is 0 Å². The molecule has 3 nitrogen and oxygen atoms in total. The molecule has 1 atom stereocenters. The molecule has 0 aliphatic carbocycles. The SMILES string of the molecule is CCCCC(O)C#CCCCCCCCCCCCCC(=O)OCC. The second-order valence-electron chi connectivity index (χ2n) is 6.82. The molecule has 0 aliphatic heterocycles. The van der Waals surface area contributed by atoms with E-state index in [1.54, 1.807) is 0 Å². The molecule has 0 bridgehead atoms. The van der Waals surface area contributed by atoms with Crippen molar-refractivity contribution in [3.05, 3.63) is 0 Å². The minimum absolute atomic E-state index is 0.0531. The molecular weight excluding hydrogens is 312 g/mol. The van der Waals surface area contributed by atoms with E-state index in [0.717, 1.165) is 44.9 Å². The molecule has 0 saturated heterocycles. The van der Waals surface area contributed by atoms with Gasteiger partial charge in [-0.3, -0.25) is 4.79 Å². The van der Waals surface area contributed by atoms with Gasteiger partial charge in [-0.1, -0.05) is 77.1 Å². The summed E-state index contributed by atoms with van der Waals surface area (Å²) in [6, 6.07) is 0. The van der Waals surface area contributed by atoms with E-state index in [1.807, 2.05) is 6.92 Å². The number of carbonyl (C=O) groups is 1. The highest BCUT2D eigenvalue weighted by Gasteiger charge is 2.00.